The summed E-state index contributed by atoms with van der Waals surface area (Å²) in [5, 5.41) is 0. The van der Waals surface area contributed by atoms with Crippen LogP contribution in [0.1, 0.15) is 39.2 Å². The van der Waals surface area contributed by atoms with Crippen LogP contribution in [0.4, 0.5) is 0 Å². The zero-order valence-corrected chi connectivity index (χ0v) is 13.5. The predicted octanol–water partition coefficient (Wildman–Crippen LogP) is 2.84. The van der Waals surface area contributed by atoms with Crippen molar-refractivity contribution in [1.29, 1.82) is 0 Å². The molecule has 21 heavy (non-hydrogen) atoms. The molecule has 0 spiro atoms. The van der Waals surface area contributed by atoms with E-state index in [1.54, 1.807) is 0 Å². The molecule has 1 aromatic rings. The first-order chi connectivity index (χ1) is 9.88. The molecule has 0 radical (unpaired) electrons. The third-order valence-corrected chi connectivity index (χ3v) is 4.65. The SMILES string of the molecule is CC(C)(C)C1CCN(C(=O)[C@@H](N)Cc2ccccc2)CC1. The Hall–Kier alpha value is -1.35. The van der Waals surface area contributed by atoms with Gasteiger partial charge in [-0.3, -0.25) is 4.79 Å². The van der Waals surface area contributed by atoms with Crippen molar-refractivity contribution < 1.29 is 4.79 Å². The van der Waals surface area contributed by atoms with Crippen molar-refractivity contribution in [2.45, 2.75) is 46.1 Å². The van der Waals surface area contributed by atoms with E-state index in [1.165, 1.54) is 0 Å². The molecule has 0 saturated carbocycles. The normalized spacial score (nSPS) is 18.6. The lowest BCUT2D eigenvalue weighted by Crippen LogP contribution is -2.49. The summed E-state index contributed by atoms with van der Waals surface area (Å²) >= 11 is 0. The van der Waals surface area contributed by atoms with Gasteiger partial charge in [-0.1, -0.05) is 51.1 Å². The lowest BCUT2D eigenvalue weighted by molar-refractivity contribution is -0.134. The van der Waals surface area contributed by atoms with Gasteiger partial charge >= 0.3 is 0 Å². The summed E-state index contributed by atoms with van der Waals surface area (Å²) in [6, 6.07) is 9.59. The van der Waals surface area contributed by atoms with Gasteiger partial charge in [0.25, 0.3) is 0 Å². The van der Waals surface area contributed by atoms with Crippen molar-refractivity contribution >= 4 is 5.91 Å². The van der Waals surface area contributed by atoms with E-state index in [0.29, 0.717) is 17.8 Å². The first-order valence-corrected chi connectivity index (χ1v) is 7.96. The van der Waals surface area contributed by atoms with Gasteiger partial charge in [-0.15, -0.1) is 0 Å². The molecule has 1 amide bonds. The molecule has 3 nitrogen and oxygen atoms in total. The maximum Gasteiger partial charge on any atom is 0.239 e. The molecule has 1 heterocycles. The van der Waals surface area contributed by atoms with Gasteiger partial charge in [0.1, 0.15) is 0 Å². The molecule has 0 unspecified atom stereocenters. The Morgan fingerprint density at radius 3 is 2.33 bits per heavy atom. The van der Waals surface area contributed by atoms with Crippen LogP contribution in [0.2, 0.25) is 0 Å². The molecule has 0 aliphatic carbocycles. The van der Waals surface area contributed by atoms with Gasteiger partial charge in [-0.25, -0.2) is 0 Å². The average Bonchev–Trinajstić information content (AvgIpc) is 2.46. The highest BCUT2D eigenvalue weighted by Crippen LogP contribution is 2.34. The smallest absolute Gasteiger partial charge is 0.239 e. The van der Waals surface area contributed by atoms with Crippen molar-refractivity contribution in [2.75, 3.05) is 13.1 Å². The van der Waals surface area contributed by atoms with Crippen LogP contribution in [0.15, 0.2) is 30.3 Å². The minimum atomic E-state index is -0.418. The Bertz CT molecular complexity index is 456. The summed E-state index contributed by atoms with van der Waals surface area (Å²) in [5.74, 6) is 0.804. The zero-order chi connectivity index (χ0) is 15.5. The van der Waals surface area contributed by atoms with Crippen molar-refractivity contribution in [3.8, 4) is 0 Å². The standard InChI is InChI=1S/C18H28N2O/c1-18(2,3)15-9-11-20(12-10-15)17(21)16(19)13-14-7-5-4-6-8-14/h4-8,15-16H,9-13,19H2,1-3H3/t16-/m0/s1. The topological polar surface area (TPSA) is 46.3 Å². The third kappa shape index (κ3) is 4.31. The van der Waals surface area contributed by atoms with Gasteiger partial charge in [0.05, 0.1) is 6.04 Å². The largest absolute Gasteiger partial charge is 0.341 e. The van der Waals surface area contributed by atoms with E-state index in [-0.39, 0.29) is 5.91 Å². The second-order valence-corrected chi connectivity index (χ2v) is 7.26. The van der Waals surface area contributed by atoms with Gasteiger partial charge in [-0.2, -0.15) is 0 Å². The first-order valence-electron chi connectivity index (χ1n) is 7.96. The number of amides is 1. The summed E-state index contributed by atoms with van der Waals surface area (Å²) in [5.41, 5.74) is 7.57. The van der Waals surface area contributed by atoms with Crippen LogP contribution >= 0.6 is 0 Å². The van der Waals surface area contributed by atoms with Crippen LogP contribution in [0.3, 0.4) is 0 Å². The predicted molar refractivity (Wildman–Crippen MR) is 86.9 cm³/mol. The molecule has 1 atom stereocenters. The molecule has 3 heteroatoms. The fourth-order valence-corrected chi connectivity index (χ4v) is 3.16. The number of nitrogens with zero attached hydrogens (tertiary/aromatic N) is 1. The summed E-state index contributed by atoms with van der Waals surface area (Å²) < 4.78 is 0. The number of carbonyl (C=O) groups is 1. The van der Waals surface area contributed by atoms with Gasteiger partial charge in [-0.05, 0) is 36.2 Å². The zero-order valence-electron chi connectivity index (χ0n) is 13.5. The third-order valence-electron chi connectivity index (χ3n) is 4.65. The lowest BCUT2D eigenvalue weighted by atomic mass is 9.75. The Balaban J connectivity index is 1.87. The van der Waals surface area contributed by atoms with Crippen LogP contribution in [-0.4, -0.2) is 29.9 Å². The molecule has 1 aliphatic heterocycles. The quantitative estimate of drug-likeness (QED) is 0.929. The molecule has 0 bridgehead atoms. The number of benzene rings is 1. The monoisotopic (exact) mass is 288 g/mol. The number of hydrogen-bond donors (Lipinski definition) is 1. The van der Waals surface area contributed by atoms with Crippen molar-refractivity contribution in [2.24, 2.45) is 17.1 Å². The highest BCUT2D eigenvalue weighted by molar-refractivity contribution is 5.82. The van der Waals surface area contributed by atoms with Gasteiger partial charge in [0.15, 0.2) is 0 Å². The number of nitrogens with two attached hydrogens (primary N) is 1. The molecular weight excluding hydrogens is 260 g/mol. The Kier molecular flexibility index (Phi) is 5.04. The number of likely N-dealkylation sites (tertiary alicyclic amines) is 1. The summed E-state index contributed by atoms with van der Waals surface area (Å²) in [6.07, 6.45) is 2.81. The lowest BCUT2D eigenvalue weighted by Gasteiger charge is -2.39. The van der Waals surface area contributed by atoms with Crippen LogP contribution < -0.4 is 5.73 Å². The van der Waals surface area contributed by atoms with Gasteiger partial charge < -0.3 is 10.6 Å². The Morgan fingerprint density at radius 1 is 1.24 bits per heavy atom. The van der Waals surface area contributed by atoms with Gasteiger partial charge in [0.2, 0.25) is 5.91 Å². The second kappa shape index (κ2) is 6.61. The van der Waals surface area contributed by atoms with E-state index < -0.39 is 6.04 Å². The molecule has 1 aromatic carbocycles. The summed E-state index contributed by atoms with van der Waals surface area (Å²) in [4.78, 5) is 14.4. The minimum absolute atomic E-state index is 0.103. The van der Waals surface area contributed by atoms with E-state index in [4.69, 9.17) is 5.73 Å². The molecule has 1 saturated heterocycles. The van der Waals surface area contributed by atoms with E-state index >= 15 is 0 Å². The summed E-state index contributed by atoms with van der Waals surface area (Å²) in [6.45, 7) is 8.56. The highest BCUT2D eigenvalue weighted by atomic mass is 16.2. The van der Waals surface area contributed by atoms with E-state index in [2.05, 4.69) is 20.8 Å². The Labute approximate surface area is 128 Å². The van der Waals surface area contributed by atoms with Crippen LogP contribution in [0.5, 0.6) is 0 Å². The number of rotatable bonds is 3. The second-order valence-electron chi connectivity index (χ2n) is 7.26. The fraction of sp³-hybridized carbons (Fsp3) is 0.611. The first kappa shape index (κ1) is 16.0. The maximum atomic E-state index is 12.5. The average molecular weight is 288 g/mol. The highest BCUT2D eigenvalue weighted by Gasteiger charge is 2.31. The molecule has 1 aliphatic rings. The fourth-order valence-electron chi connectivity index (χ4n) is 3.16. The van der Waals surface area contributed by atoms with Crippen LogP contribution in [0, 0.1) is 11.3 Å². The Morgan fingerprint density at radius 2 is 1.81 bits per heavy atom. The number of hydrogen-bond acceptors (Lipinski definition) is 2. The van der Waals surface area contributed by atoms with Crippen LogP contribution in [-0.2, 0) is 11.2 Å². The maximum absolute atomic E-state index is 12.5. The van der Waals surface area contributed by atoms with Crippen molar-refractivity contribution in [3.63, 3.8) is 0 Å². The van der Waals surface area contributed by atoms with Crippen molar-refractivity contribution in [3.05, 3.63) is 35.9 Å². The number of carbonyl (C=O) groups excluding carboxylic acids is 1. The van der Waals surface area contributed by atoms with E-state index in [9.17, 15) is 4.79 Å². The molecule has 116 valence electrons. The van der Waals surface area contributed by atoms with Crippen molar-refractivity contribution in [1.82, 2.24) is 4.90 Å². The molecule has 0 aromatic heterocycles. The van der Waals surface area contributed by atoms with E-state index in [1.807, 2.05) is 35.2 Å². The number of piperidine rings is 1. The molecular formula is C18H28N2O. The minimum Gasteiger partial charge on any atom is -0.341 e. The molecule has 1 fully saturated rings. The summed E-state index contributed by atoms with van der Waals surface area (Å²) in [7, 11) is 0. The van der Waals surface area contributed by atoms with Gasteiger partial charge in [0, 0.05) is 13.1 Å². The van der Waals surface area contributed by atoms with Crippen LogP contribution in [0.25, 0.3) is 0 Å². The molecule has 2 rings (SSSR count). The molecule has 2 N–H and O–H groups in total. The van der Waals surface area contributed by atoms with E-state index in [0.717, 1.165) is 31.5 Å².